The molecule has 1 N–H and O–H groups in total. The summed E-state index contributed by atoms with van der Waals surface area (Å²) in [6.45, 7) is 9.17. The molecule has 16 heavy (non-hydrogen) atoms. The van der Waals surface area contributed by atoms with Crippen LogP contribution in [-0.2, 0) is 0 Å². The minimum absolute atomic E-state index is 0.659. The molecule has 0 bridgehead atoms. The van der Waals surface area contributed by atoms with Crippen molar-refractivity contribution in [1.29, 1.82) is 0 Å². The molecule has 1 aliphatic rings. The Bertz CT molecular complexity index is 174. The Morgan fingerprint density at radius 1 is 1.12 bits per heavy atom. The van der Waals surface area contributed by atoms with Crippen LogP contribution >= 0.6 is 0 Å². The van der Waals surface area contributed by atoms with Crippen molar-refractivity contribution in [2.24, 2.45) is 5.92 Å². The van der Waals surface area contributed by atoms with Gasteiger partial charge in [-0.15, -0.1) is 0 Å². The average molecular weight is 226 g/mol. The van der Waals surface area contributed by atoms with E-state index in [4.69, 9.17) is 0 Å². The quantitative estimate of drug-likeness (QED) is 0.749. The van der Waals surface area contributed by atoms with E-state index in [1.54, 1.807) is 0 Å². The van der Waals surface area contributed by atoms with Crippen molar-refractivity contribution in [3.8, 4) is 0 Å². The highest BCUT2D eigenvalue weighted by atomic mass is 15.1. The van der Waals surface area contributed by atoms with Gasteiger partial charge in [-0.2, -0.15) is 0 Å². The summed E-state index contributed by atoms with van der Waals surface area (Å²) in [6, 6.07) is 1.37. The Balaban J connectivity index is 2.11. The monoisotopic (exact) mass is 226 g/mol. The Hall–Kier alpha value is -0.0800. The van der Waals surface area contributed by atoms with Crippen molar-refractivity contribution in [1.82, 2.24) is 10.2 Å². The number of nitrogens with one attached hydrogen (secondary N) is 1. The molecule has 1 atom stereocenters. The lowest BCUT2D eigenvalue weighted by Gasteiger charge is -2.29. The first-order valence-corrected chi connectivity index (χ1v) is 7.05. The molecule has 1 saturated carbocycles. The topological polar surface area (TPSA) is 15.3 Å². The van der Waals surface area contributed by atoms with Crippen LogP contribution in [0, 0.1) is 5.92 Å². The second kappa shape index (κ2) is 7.29. The summed E-state index contributed by atoms with van der Waals surface area (Å²) in [6.07, 6.45) is 7.23. The molecule has 0 radical (unpaired) electrons. The zero-order chi connectivity index (χ0) is 12.0. The van der Waals surface area contributed by atoms with Gasteiger partial charge in [0.2, 0.25) is 0 Å². The van der Waals surface area contributed by atoms with Crippen LogP contribution in [0.25, 0.3) is 0 Å². The number of nitrogens with zero attached hydrogens (tertiary/aromatic N) is 1. The van der Waals surface area contributed by atoms with Gasteiger partial charge in [0.25, 0.3) is 0 Å². The van der Waals surface area contributed by atoms with E-state index in [0.717, 1.165) is 19.0 Å². The van der Waals surface area contributed by atoms with Gasteiger partial charge in [0.05, 0.1) is 0 Å². The van der Waals surface area contributed by atoms with E-state index in [9.17, 15) is 0 Å². The highest BCUT2D eigenvalue weighted by Gasteiger charge is 2.19. The maximum Gasteiger partial charge on any atom is 0.0107 e. The smallest absolute Gasteiger partial charge is 0.0107 e. The zero-order valence-corrected chi connectivity index (χ0v) is 11.6. The van der Waals surface area contributed by atoms with Gasteiger partial charge in [-0.1, -0.05) is 19.3 Å². The molecule has 96 valence electrons. The van der Waals surface area contributed by atoms with Gasteiger partial charge in [-0.05, 0) is 46.6 Å². The standard InChI is InChI=1S/C14H30N2/c1-12(2)16(4)11-10-15-13(3)14-8-6-5-7-9-14/h12-15H,5-11H2,1-4H3. The van der Waals surface area contributed by atoms with Crippen molar-refractivity contribution in [2.45, 2.75) is 65.0 Å². The Labute approximate surface area is 102 Å². The summed E-state index contributed by atoms with van der Waals surface area (Å²) in [4.78, 5) is 2.40. The van der Waals surface area contributed by atoms with Crippen molar-refractivity contribution >= 4 is 0 Å². The lowest BCUT2D eigenvalue weighted by Crippen LogP contribution is -2.40. The van der Waals surface area contributed by atoms with E-state index in [0.29, 0.717) is 12.1 Å². The summed E-state index contributed by atoms with van der Waals surface area (Å²) < 4.78 is 0. The van der Waals surface area contributed by atoms with Crippen molar-refractivity contribution in [2.75, 3.05) is 20.1 Å². The summed E-state index contributed by atoms with van der Waals surface area (Å²) in [7, 11) is 2.21. The Morgan fingerprint density at radius 3 is 2.31 bits per heavy atom. The molecular formula is C14H30N2. The molecule has 2 heteroatoms. The van der Waals surface area contributed by atoms with Crippen molar-refractivity contribution < 1.29 is 0 Å². The summed E-state index contributed by atoms with van der Waals surface area (Å²) >= 11 is 0. The van der Waals surface area contributed by atoms with E-state index in [1.807, 2.05) is 0 Å². The second-order valence-electron chi connectivity index (χ2n) is 5.72. The van der Waals surface area contributed by atoms with Crippen LogP contribution in [0.2, 0.25) is 0 Å². The largest absolute Gasteiger partial charge is 0.313 e. The Kier molecular flexibility index (Phi) is 6.37. The molecular weight excluding hydrogens is 196 g/mol. The molecule has 2 nitrogen and oxygen atoms in total. The van der Waals surface area contributed by atoms with Crippen LogP contribution in [0.1, 0.15) is 52.9 Å². The molecule has 0 amide bonds. The summed E-state index contributed by atoms with van der Waals surface area (Å²) in [5, 5.41) is 3.70. The van der Waals surface area contributed by atoms with Gasteiger partial charge < -0.3 is 10.2 Å². The number of hydrogen-bond donors (Lipinski definition) is 1. The maximum absolute atomic E-state index is 3.70. The van der Waals surface area contributed by atoms with Gasteiger partial charge in [0.15, 0.2) is 0 Å². The maximum atomic E-state index is 3.70. The highest BCUT2D eigenvalue weighted by molar-refractivity contribution is 4.76. The molecule has 1 fully saturated rings. The van der Waals surface area contributed by atoms with E-state index in [1.165, 1.54) is 32.1 Å². The molecule has 0 spiro atoms. The highest BCUT2D eigenvalue weighted by Crippen LogP contribution is 2.26. The third-order valence-electron chi connectivity index (χ3n) is 4.17. The second-order valence-corrected chi connectivity index (χ2v) is 5.72. The van der Waals surface area contributed by atoms with Gasteiger partial charge in [0, 0.05) is 25.2 Å². The van der Waals surface area contributed by atoms with Gasteiger partial charge >= 0.3 is 0 Å². The third-order valence-corrected chi connectivity index (χ3v) is 4.17. The molecule has 1 aliphatic carbocycles. The first kappa shape index (κ1) is 14.0. The molecule has 0 aromatic heterocycles. The van der Waals surface area contributed by atoms with Crippen LogP contribution in [-0.4, -0.2) is 37.1 Å². The lowest BCUT2D eigenvalue weighted by molar-refractivity contribution is 0.245. The van der Waals surface area contributed by atoms with Crippen molar-refractivity contribution in [3.63, 3.8) is 0 Å². The summed E-state index contributed by atoms with van der Waals surface area (Å²) in [5.41, 5.74) is 0. The number of likely N-dealkylation sites (N-methyl/N-ethyl adjacent to an activating group) is 1. The lowest BCUT2D eigenvalue weighted by atomic mass is 9.84. The van der Waals surface area contributed by atoms with Gasteiger partial charge in [-0.3, -0.25) is 0 Å². The van der Waals surface area contributed by atoms with Crippen LogP contribution in [0.3, 0.4) is 0 Å². The third kappa shape index (κ3) is 4.84. The van der Waals surface area contributed by atoms with E-state index < -0.39 is 0 Å². The minimum atomic E-state index is 0.659. The minimum Gasteiger partial charge on any atom is -0.313 e. The molecule has 1 unspecified atom stereocenters. The van der Waals surface area contributed by atoms with Gasteiger partial charge in [-0.25, -0.2) is 0 Å². The van der Waals surface area contributed by atoms with Crippen LogP contribution < -0.4 is 5.32 Å². The SMILES string of the molecule is CC(NCCN(C)C(C)C)C1CCCCC1. The zero-order valence-electron chi connectivity index (χ0n) is 11.6. The fourth-order valence-electron chi connectivity index (χ4n) is 2.53. The molecule has 0 saturated heterocycles. The first-order valence-electron chi connectivity index (χ1n) is 7.05. The predicted molar refractivity (Wildman–Crippen MR) is 71.8 cm³/mol. The fraction of sp³-hybridized carbons (Fsp3) is 1.00. The molecule has 0 aromatic carbocycles. The van der Waals surface area contributed by atoms with Crippen LogP contribution in [0.5, 0.6) is 0 Å². The van der Waals surface area contributed by atoms with Crippen LogP contribution in [0.4, 0.5) is 0 Å². The average Bonchev–Trinajstić information content (AvgIpc) is 2.29. The molecule has 0 aliphatic heterocycles. The van der Waals surface area contributed by atoms with Gasteiger partial charge in [0.1, 0.15) is 0 Å². The molecule has 1 rings (SSSR count). The van der Waals surface area contributed by atoms with Crippen molar-refractivity contribution in [3.05, 3.63) is 0 Å². The normalized spacial score (nSPS) is 20.6. The predicted octanol–water partition coefficient (Wildman–Crippen LogP) is 2.89. The fourth-order valence-corrected chi connectivity index (χ4v) is 2.53. The van der Waals surface area contributed by atoms with E-state index in [-0.39, 0.29) is 0 Å². The van der Waals surface area contributed by atoms with E-state index >= 15 is 0 Å². The Morgan fingerprint density at radius 2 is 1.75 bits per heavy atom. The molecule has 0 aromatic rings. The number of hydrogen-bond acceptors (Lipinski definition) is 2. The van der Waals surface area contributed by atoms with E-state index in [2.05, 4.69) is 38.0 Å². The first-order chi connectivity index (χ1) is 7.61. The van der Waals surface area contributed by atoms with Crippen LogP contribution in [0.15, 0.2) is 0 Å². The summed E-state index contributed by atoms with van der Waals surface area (Å²) in [5.74, 6) is 0.929. The number of rotatable bonds is 6. The molecule has 0 heterocycles.